The zero-order valence-corrected chi connectivity index (χ0v) is 22.3. The van der Waals surface area contributed by atoms with Crippen molar-refractivity contribution in [3.05, 3.63) is 92.8 Å². The van der Waals surface area contributed by atoms with Gasteiger partial charge in [0.05, 0.1) is 36.1 Å². The first-order chi connectivity index (χ1) is 19.3. The summed E-state index contributed by atoms with van der Waals surface area (Å²) in [4.78, 5) is 43.9. The average molecular weight is 540 g/mol. The van der Waals surface area contributed by atoms with Gasteiger partial charge in [-0.15, -0.1) is 0 Å². The van der Waals surface area contributed by atoms with Crippen molar-refractivity contribution in [1.29, 1.82) is 0 Å². The van der Waals surface area contributed by atoms with Gasteiger partial charge in [-0.2, -0.15) is 0 Å². The van der Waals surface area contributed by atoms with Crippen LogP contribution in [0.5, 0.6) is 5.75 Å². The Morgan fingerprint density at radius 1 is 1.15 bits per heavy atom. The molecule has 9 heteroatoms. The van der Waals surface area contributed by atoms with Gasteiger partial charge in [0.1, 0.15) is 12.4 Å². The van der Waals surface area contributed by atoms with Gasteiger partial charge in [-0.05, 0) is 48.2 Å². The van der Waals surface area contributed by atoms with E-state index in [0.29, 0.717) is 35.5 Å². The normalized spacial score (nSPS) is 17.1. The zero-order chi connectivity index (χ0) is 28.0. The van der Waals surface area contributed by atoms with Gasteiger partial charge in [-0.25, -0.2) is 9.78 Å². The van der Waals surface area contributed by atoms with Crippen LogP contribution in [0.1, 0.15) is 47.6 Å². The minimum Gasteiger partial charge on any atom is -0.497 e. The van der Waals surface area contributed by atoms with Crippen LogP contribution >= 0.6 is 0 Å². The summed E-state index contributed by atoms with van der Waals surface area (Å²) < 4.78 is 12.2. The molecule has 1 atom stereocenters. The van der Waals surface area contributed by atoms with Crippen molar-refractivity contribution in [3.8, 4) is 17.1 Å². The van der Waals surface area contributed by atoms with Gasteiger partial charge >= 0.3 is 5.97 Å². The lowest BCUT2D eigenvalue weighted by atomic mass is 9.86. The molecule has 0 unspecified atom stereocenters. The standard InChI is InChI=1S/C31H29N3O6/c1-3-31(38)24-14-26-28-22(16-34(26)29(36)23(24)17-40-30(31)37)21(20-13-19(39-2)10-11-25(20)33-28)15-32-27(35)12-9-18-7-5-4-6-8-18/h4-8,10-11,13-14,38H,3,9,12,15-17H2,1-2H3,(H,32,35)/t31-/m0/s1. The van der Waals surface area contributed by atoms with Crippen molar-refractivity contribution in [1.82, 2.24) is 14.9 Å². The number of nitrogens with zero attached hydrogens (tertiary/aromatic N) is 2. The molecule has 40 heavy (non-hydrogen) atoms. The van der Waals surface area contributed by atoms with Crippen LogP contribution in [0.15, 0.2) is 59.4 Å². The number of amides is 1. The number of aromatic nitrogens is 2. The van der Waals surface area contributed by atoms with E-state index in [1.165, 1.54) is 0 Å². The number of carbonyl (C=O) groups excluding carboxylic acids is 2. The molecule has 0 radical (unpaired) electrons. The number of cyclic esters (lactones) is 1. The number of fused-ring (bicyclic) bond motifs is 5. The summed E-state index contributed by atoms with van der Waals surface area (Å²) in [6, 6.07) is 17.1. The maximum Gasteiger partial charge on any atom is 0.343 e. The second-order valence-electron chi connectivity index (χ2n) is 10.2. The number of carbonyl (C=O) groups is 2. The monoisotopic (exact) mass is 539 g/mol. The van der Waals surface area contributed by atoms with E-state index in [0.717, 1.165) is 22.1 Å². The van der Waals surface area contributed by atoms with Crippen molar-refractivity contribution in [3.63, 3.8) is 0 Å². The third kappa shape index (κ3) is 4.14. The van der Waals surface area contributed by atoms with Crippen LogP contribution in [-0.2, 0) is 46.0 Å². The van der Waals surface area contributed by atoms with E-state index in [1.54, 1.807) is 24.7 Å². The Hall–Kier alpha value is -4.50. The molecule has 0 saturated heterocycles. The second-order valence-corrected chi connectivity index (χ2v) is 10.2. The smallest absolute Gasteiger partial charge is 0.343 e. The number of ether oxygens (including phenoxy) is 2. The SMILES string of the molecule is CC[C@@]1(O)C(=O)OCc2c1cc1n(c2=O)Cc2c-1nc1ccc(OC)cc1c2CNC(=O)CCc1ccccc1. The first-order valence-corrected chi connectivity index (χ1v) is 13.3. The molecule has 6 rings (SSSR count). The molecule has 1 amide bonds. The number of aliphatic hydroxyl groups is 1. The molecule has 204 valence electrons. The van der Waals surface area contributed by atoms with Gasteiger partial charge in [0.15, 0.2) is 5.60 Å². The Kier molecular flexibility index (Phi) is 6.38. The third-order valence-electron chi connectivity index (χ3n) is 7.96. The fourth-order valence-corrected chi connectivity index (χ4v) is 5.65. The highest BCUT2D eigenvalue weighted by Crippen LogP contribution is 2.40. The molecular weight excluding hydrogens is 510 g/mol. The van der Waals surface area contributed by atoms with Crippen molar-refractivity contribution in [2.45, 2.75) is 51.5 Å². The number of methoxy groups -OCH3 is 1. The van der Waals surface area contributed by atoms with Crippen LogP contribution in [-0.4, -0.2) is 33.6 Å². The molecule has 2 aliphatic heterocycles. The molecule has 2 N–H and O–H groups in total. The highest BCUT2D eigenvalue weighted by atomic mass is 16.6. The predicted octanol–water partition coefficient (Wildman–Crippen LogP) is 3.34. The number of benzene rings is 2. The highest BCUT2D eigenvalue weighted by molar-refractivity contribution is 5.90. The summed E-state index contributed by atoms with van der Waals surface area (Å²) in [5.74, 6) is -0.197. The summed E-state index contributed by atoms with van der Waals surface area (Å²) in [5, 5.41) is 15.0. The first kappa shape index (κ1) is 25.8. The van der Waals surface area contributed by atoms with Gasteiger partial charge in [-0.1, -0.05) is 37.3 Å². The molecule has 2 aromatic carbocycles. The Bertz CT molecular complexity index is 1730. The number of esters is 1. The summed E-state index contributed by atoms with van der Waals surface area (Å²) in [6.45, 7) is 1.96. The van der Waals surface area contributed by atoms with Crippen LogP contribution in [0.4, 0.5) is 0 Å². The molecule has 0 spiro atoms. The quantitative estimate of drug-likeness (QED) is 0.305. The van der Waals surface area contributed by atoms with Gasteiger partial charge in [0.2, 0.25) is 5.91 Å². The molecule has 0 fully saturated rings. The lowest BCUT2D eigenvalue weighted by Crippen LogP contribution is -2.44. The molecule has 0 saturated carbocycles. The first-order valence-electron chi connectivity index (χ1n) is 13.3. The minimum atomic E-state index is -1.90. The summed E-state index contributed by atoms with van der Waals surface area (Å²) >= 11 is 0. The van der Waals surface area contributed by atoms with E-state index >= 15 is 0 Å². The highest BCUT2D eigenvalue weighted by Gasteiger charge is 2.45. The van der Waals surface area contributed by atoms with Crippen LogP contribution in [0, 0.1) is 0 Å². The van der Waals surface area contributed by atoms with Crippen molar-refractivity contribution in [2.75, 3.05) is 7.11 Å². The number of pyridine rings is 2. The molecule has 2 aromatic heterocycles. The summed E-state index contributed by atoms with van der Waals surface area (Å²) in [7, 11) is 1.59. The van der Waals surface area contributed by atoms with Crippen LogP contribution in [0.2, 0.25) is 0 Å². The number of hydrogen-bond acceptors (Lipinski definition) is 7. The fourth-order valence-electron chi connectivity index (χ4n) is 5.65. The minimum absolute atomic E-state index is 0.0692. The number of aryl methyl sites for hydroxylation is 1. The lowest BCUT2D eigenvalue weighted by molar-refractivity contribution is -0.172. The van der Waals surface area contributed by atoms with E-state index in [1.807, 2.05) is 48.5 Å². The van der Waals surface area contributed by atoms with Crippen molar-refractivity contribution >= 4 is 22.8 Å². The summed E-state index contributed by atoms with van der Waals surface area (Å²) in [6.07, 6.45) is 1.04. The zero-order valence-electron chi connectivity index (χ0n) is 22.3. The van der Waals surface area contributed by atoms with Gasteiger partial charge in [0, 0.05) is 29.5 Å². The molecule has 4 aromatic rings. The fraction of sp³-hybridized carbons (Fsp3) is 0.290. The van der Waals surface area contributed by atoms with Gasteiger partial charge in [-0.3, -0.25) is 9.59 Å². The predicted molar refractivity (Wildman–Crippen MR) is 148 cm³/mol. The van der Waals surface area contributed by atoms with Crippen LogP contribution in [0.25, 0.3) is 22.3 Å². The van der Waals surface area contributed by atoms with E-state index in [2.05, 4.69) is 5.32 Å². The van der Waals surface area contributed by atoms with Crippen molar-refractivity contribution < 1.29 is 24.2 Å². The maximum atomic E-state index is 13.6. The third-order valence-corrected chi connectivity index (χ3v) is 7.96. The number of hydrogen-bond donors (Lipinski definition) is 2. The molecule has 0 aliphatic carbocycles. The maximum absolute atomic E-state index is 13.6. The van der Waals surface area contributed by atoms with E-state index in [9.17, 15) is 19.5 Å². The average Bonchev–Trinajstić information content (AvgIpc) is 3.35. The topological polar surface area (TPSA) is 120 Å². The Balaban J connectivity index is 1.42. The Morgan fingerprint density at radius 2 is 1.95 bits per heavy atom. The van der Waals surface area contributed by atoms with Crippen LogP contribution < -0.4 is 15.6 Å². The number of nitrogens with one attached hydrogen (secondary N) is 1. The van der Waals surface area contributed by atoms with E-state index in [4.69, 9.17) is 14.5 Å². The molecule has 2 aliphatic rings. The summed E-state index contributed by atoms with van der Waals surface area (Å²) in [5.41, 5.74) is 2.82. The van der Waals surface area contributed by atoms with Gasteiger partial charge < -0.3 is 24.5 Å². The van der Waals surface area contributed by atoms with Crippen molar-refractivity contribution in [2.24, 2.45) is 0 Å². The Morgan fingerprint density at radius 3 is 2.70 bits per heavy atom. The molecule has 4 heterocycles. The largest absolute Gasteiger partial charge is 0.497 e. The van der Waals surface area contributed by atoms with E-state index < -0.39 is 11.6 Å². The molecular formula is C31H29N3O6. The molecule has 9 nitrogen and oxygen atoms in total. The molecule has 0 bridgehead atoms. The number of rotatable bonds is 7. The van der Waals surface area contributed by atoms with Gasteiger partial charge in [0.25, 0.3) is 5.56 Å². The second kappa shape index (κ2) is 9.91. The lowest BCUT2D eigenvalue weighted by Gasteiger charge is -2.31. The van der Waals surface area contributed by atoms with E-state index in [-0.39, 0.29) is 48.7 Å². The van der Waals surface area contributed by atoms with Crippen LogP contribution in [0.3, 0.4) is 0 Å². The Labute approximate surface area is 230 Å².